The van der Waals surface area contributed by atoms with Crippen molar-refractivity contribution in [2.75, 3.05) is 18.5 Å². The number of carboxylic acids is 1. The van der Waals surface area contributed by atoms with E-state index < -0.39 is 5.97 Å². The van der Waals surface area contributed by atoms with Crippen molar-refractivity contribution in [3.63, 3.8) is 0 Å². The fraction of sp³-hybridized carbons (Fsp3) is 0.421. The summed E-state index contributed by atoms with van der Waals surface area (Å²) in [5.41, 5.74) is 1.68. The number of amides is 1. The number of allylic oxidation sites excluding steroid dienone is 3. The van der Waals surface area contributed by atoms with Crippen molar-refractivity contribution in [3.8, 4) is 5.75 Å². The molecule has 1 aromatic rings. The number of aromatic nitrogens is 1. The van der Waals surface area contributed by atoms with E-state index in [9.17, 15) is 9.59 Å². The van der Waals surface area contributed by atoms with Gasteiger partial charge in [-0.25, -0.2) is 9.78 Å². The quantitative estimate of drug-likeness (QED) is 0.586. The molecular formula is C19H25N3O4. The van der Waals surface area contributed by atoms with E-state index in [1.54, 1.807) is 18.2 Å². The minimum Gasteiger partial charge on any atom is -0.490 e. The molecule has 1 aliphatic carbocycles. The van der Waals surface area contributed by atoms with Crippen LogP contribution in [0.4, 0.5) is 5.82 Å². The number of hydrogen-bond donors (Lipinski definition) is 3. The second kappa shape index (κ2) is 9.60. The summed E-state index contributed by atoms with van der Waals surface area (Å²) in [6.45, 7) is 5.00. The van der Waals surface area contributed by atoms with Crippen LogP contribution in [0.2, 0.25) is 0 Å². The van der Waals surface area contributed by atoms with Gasteiger partial charge in [0.2, 0.25) is 0 Å². The summed E-state index contributed by atoms with van der Waals surface area (Å²) in [6.07, 6.45) is 7.80. The van der Waals surface area contributed by atoms with Crippen molar-refractivity contribution in [2.45, 2.75) is 39.5 Å². The van der Waals surface area contributed by atoms with Crippen molar-refractivity contribution in [1.29, 1.82) is 0 Å². The van der Waals surface area contributed by atoms with Gasteiger partial charge in [-0.15, -0.1) is 0 Å². The molecule has 140 valence electrons. The molecule has 0 saturated carbocycles. The molecule has 1 heterocycles. The van der Waals surface area contributed by atoms with Crippen LogP contribution in [0.25, 0.3) is 0 Å². The molecule has 1 aliphatic rings. The molecule has 0 saturated heterocycles. The summed E-state index contributed by atoms with van der Waals surface area (Å²) in [5, 5.41) is 15.0. The summed E-state index contributed by atoms with van der Waals surface area (Å²) >= 11 is 0. The Morgan fingerprint density at radius 1 is 1.27 bits per heavy atom. The van der Waals surface area contributed by atoms with Gasteiger partial charge >= 0.3 is 5.97 Å². The zero-order chi connectivity index (χ0) is 18.9. The summed E-state index contributed by atoms with van der Waals surface area (Å²) in [6, 6.07) is 1.67. The topological polar surface area (TPSA) is 101 Å². The number of pyridine rings is 1. The van der Waals surface area contributed by atoms with E-state index in [0.29, 0.717) is 48.7 Å². The Bertz CT molecular complexity index is 725. The van der Waals surface area contributed by atoms with E-state index in [2.05, 4.69) is 22.5 Å². The molecule has 1 aromatic heterocycles. The first-order chi connectivity index (χ1) is 12.5. The second-order valence-electron chi connectivity index (χ2n) is 5.93. The van der Waals surface area contributed by atoms with Crippen LogP contribution in [0.1, 0.15) is 49.9 Å². The third-order valence-corrected chi connectivity index (χ3v) is 3.93. The Labute approximate surface area is 153 Å². The van der Waals surface area contributed by atoms with Gasteiger partial charge in [0.05, 0.1) is 12.2 Å². The van der Waals surface area contributed by atoms with Crippen LogP contribution in [-0.2, 0) is 4.79 Å². The fourth-order valence-electron chi connectivity index (χ4n) is 2.48. The first-order valence-corrected chi connectivity index (χ1v) is 8.86. The summed E-state index contributed by atoms with van der Waals surface area (Å²) in [5.74, 6) is -0.0730. The molecule has 1 amide bonds. The van der Waals surface area contributed by atoms with Crippen LogP contribution < -0.4 is 15.4 Å². The molecule has 0 fully saturated rings. The van der Waals surface area contributed by atoms with E-state index in [1.807, 2.05) is 6.92 Å². The molecule has 7 nitrogen and oxygen atoms in total. The van der Waals surface area contributed by atoms with Crippen LogP contribution in [-0.4, -0.2) is 35.1 Å². The molecule has 0 aromatic carbocycles. The lowest BCUT2D eigenvalue weighted by molar-refractivity contribution is -0.132. The van der Waals surface area contributed by atoms with E-state index in [4.69, 9.17) is 9.84 Å². The molecular weight excluding hydrogens is 334 g/mol. The predicted molar refractivity (Wildman–Crippen MR) is 99.3 cm³/mol. The Morgan fingerprint density at radius 3 is 2.69 bits per heavy atom. The molecule has 0 unspecified atom stereocenters. The highest BCUT2D eigenvalue weighted by molar-refractivity contribution is 5.94. The number of nitrogens with one attached hydrogen (secondary N) is 2. The Kier molecular flexibility index (Phi) is 7.20. The number of nitrogens with zero attached hydrogens (tertiary/aromatic N) is 1. The van der Waals surface area contributed by atoms with E-state index in [-0.39, 0.29) is 5.91 Å². The van der Waals surface area contributed by atoms with Crippen LogP contribution in [0, 0.1) is 0 Å². The molecule has 0 atom stereocenters. The Hall–Kier alpha value is -2.83. The standard InChI is InChI=1S/C19H25N3O4/c1-3-5-10-20-18(23)14-11-16(26-4-2)17(21-12-14)22-15-8-6-13(7-9-15)19(24)25/h6,8,11-12H,3-5,7,9-10H2,1-2H3,(H,20,23)(H,21,22)(H,24,25). The van der Waals surface area contributed by atoms with Gasteiger partial charge in [-0.05, 0) is 38.3 Å². The number of carboxylic acid groups (broad SMARTS) is 1. The van der Waals surface area contributed by atoms with Gasteiger partial charge in [-0.1, -0.05) is 19.4 Å². The SMILES string of the molecule is CCCCNC(=O)c1cnc(NC2=CC=C(C(=O)O)CC2)c(OCC)c1. The normalized spacial score (nSPS) is 13.5. The number of carbonyl (C=O) groups excluding carboxylic acids is 1. The number of carbonyl (C=O) groups is 2. The van der Waals surface area contributed by atoms with E-state index in [0.717, 1.165) is 18.5 Å². The average Bonchev–Trinajstić information content (AvgIpc) is 2.64. The minimum atomic E-state index is -0.896. The van der Waals surface area contributed by atoms with Crippen molar-refractivity contribution < 1.29 is 19.4 Å². The zero-order valence-electron chi connectivity index (χ0n) is 15.2. The number of hydrogen-bond acceptors (Lipinski definition) is 5. The zero-order valence-corrected chi connectivity index (χ0v) is 15.2. The maximum Gasteiger partial charge on any atom is 0.331 e. The van der Waals surface area contributed by atoms with Crippen molar-refractivity contribution in [2.24, 2.45) is 0 Å². The third-order valence-electron chi connectivity index (χ3n) is 3.93. The molecule has 7 heteroatoms. The lowest BCUT2D eigenvalue weighted by Crippen LogP contribution is -2.24. The van der Waals surface area contributed by atoms with Gasteiger partial charge in [0.1, 0.15) is 0 Å². The summed E-state index contributed by atoms with van der Waals surface area (Å²) in [7, 11) is 0. The predicted octanol–water partition coefficient (Wildman–Crippen LogP) is 3.11. The summed E-state index contributed by atoms with van der Waals surface area (Å²) in [4.78, 5) is 27.5. The number of ether oxygens (including phenoxy) is 1. The molecule has 0 bridgehead atoms. The van der Waals surface area contributed by atoms with Crippen molar-refractivity contribution in [3.05, 3.63) is 41.2 Å². The lowest BCUT2D eigenvalue weighted by Gasteiger charge is -2.17. The highest BCUT2D eigenvalue weighted by atomic mass is 16.5. The molecule has 0 radical (unpaired) electrons. The molecule has 2 rings (SSSR count). The van der Waals surface area contributed by atoms with E-state index in [1.165, 1.54) is 6.20 Å². The minimum absolute atomic E-state index is 0.177. The largest absolute Gasteiger partial charge is 0.490 e. The number of anilines is 1. The van der Waals surface area contributed by atoms with Gasteiger partial charge in [0.15, 0.2) is 11.6 Å². The number of aliphatic carboxylic acids is 1. The Balaban J connectivity index is 2.13. The first-order valence-electron chi connectivity index (χ1n) is 8.86. The molecule has 3 N–H and O–H groups in total. The second-order valence-corrected chi connectivity index (χ2v) is 5.93. The van der Waals surface area contributed by atoms with Crippen LogP contribution in [0.3, 0.4) is 0 Å². The third kappa shape index (κ3) is 5.34. The van der Waals surface area contributed by atoms with Gasteiger partial charge < -0.3 is 20.5 Å². The van der Waals surface area contributed by atoms with Gasteiger partial charge in [-0.3, -0.25) is 4.79 Å². The van der Waals surface area contributed by atoms with Crippen LogP contribution in [0.15, 0.2) is 35.7 Å². The Morgan fingerprint density at radius 2 is 2.08 bits per heavy atom. The highest BCUT2D eigenvalue weighted by Crippen LogP contribution is 2.27. The number of rotatable bonds is 9. The van der Waals surface area contributed by atoms with Gasteiger partial charge in [-0.2, -0.15) is 0 Å². The fourth-order valence-corrected chi connectivity index (χ4v) is 2.48. The van der Waals surface area contributed by atoms with Crippen molar-refractivity contribution >= 4 is 17.7 Å². The molecule has 0 spiro atoms. The van der Waals surface area contributed by atoms with Crippen LogP contribution >= 0.6 is 0 Å². The smallest absolute Gasteiger partial charge is 0.331 e. The van der Waals surface area contributed by atoms with Crippen molar-refractivity contribution in [1.82, 2.24) is 10.3 Å². The number of unbranched alkanes of at least 4 members (excludes halogenated alkanes) is 1. The van der Waals surface area contributed by atoms with Gasteiger partial charge in [0, 0.05) is 24.0 Å². The maximum absolute atomic E-state index is 12.2. The lowest BCUT2D eigenvalue weighted by atomic mass is 10.0. The summed E-state index contributed by atoms with van der Waals surface area (Å²) < 4.78 is 5.61. The monoisotopic (exact) mass is 359 g/mol. The highest BCUT2D eigenvalue weighted by Gasteiger charge is 2.16. The maximum atomic E-state index is 12.2. The average molecular weight is 359 g/mol. The van der Waals surface area contributed by atoms with E-state index >= 15 is 0 Å². The van der Waals surface area contributed by atoms with Gasteiger partial charge in [0.25, 0.3) is 5.91 Å². The first kappa shape index (κ1) is 19.5. The molecule has 0 aliphatic heterocycles. The van der Waals surface area contributed by atoms with Crippen LogP contribution in [0.5, 0.6) is 5.75 Å². The molecule has 26 heavy (non-hydrogen) atoms.